The molecule has 0 atom stereocenters. The minimum atomic E-state index is -0.339. The summed E-state index contributed by atoms with van der Waals surface area (Å²) in [6.07, 6.45) is 3.76. The first-order valence-corrected chi connectivity index (χ1v) is 9.26. The summed E-state index contributed by atoms with van der Waals surface area (Å²) in [5.41, 5.74) is 3.37. The molecule has 1 aliphatic rings. The highest BCUT2D eigenvalue weighted by Crippen LogP contribution is 2.20. The molecule has 138 valence electrons. The number of aromatic nitrogens is 1. The van der Waals surface area contributed by atoms with Crippen molar-refractivity contribution >= 4 is 11.6 Å². The smallest absolute Gasteiger partial charge is 0.263 e. The van der Waals surface area contributed by atoms with Crippen LogP contribution in [0.25, 0.3) is 0 Å². The Labute approximate surface area is 154 Å². The van der Waals surface area contributed by atoms with Crippen molar-refractivity contribution in [2.45, 2.75) is 39.7 Å². The zero-order valence-corrected chi connectivity index (χ0v) is 15.8. The summed E-state index contributed by atoms with van der Waals surface area (Å²) in [6.45, 7) is 6.69. The molecular formula is C21H27N3O2. The molecule has 0 spiro atoms. The highest BCUT2D eigenvalue weighted by atomic mass is 16.2. The van der Waals surface area contributed by atoms with E-state index in [9.17, 15) is 9.59 Å². The first kappa shape index (κ1) is 18.4. The average Bonchev–Trinajstić information content (AvgIpc) is 2.62. The topological polar surface area (TPSA) is 54.3 Å². The van der Waals surface area contributed by atoms with Crippen LogP contribution in [0.5, 0.6) is 0 Å². The van der Waals surface area contributed by atoms with Crippen molar-refractivity contribution in [3.05, 3.63) is 63.1 Å². The summed E-state index contributed by atoms with van der Waals surface area (Å²) in [5, 5.41) is 2.97. The lowest BCUT2D eigenvalue weighted by molar-refractivity contribution is 0.102. The minimum Gasteiger partial charge on any atom is -0.322 e. The van der Waals surface area contributed by atoms with Gasteiger partial charge in [0, 0.05) is 25.0 Å². The normalized spacial score (nSPS) is 15.0. The third-order valence-electron chi connectivity index (χ3n) is 5.20. The van der Waals surface area contributed by atoms with Crippen molar-refractivity contribution < 1.29 is 4.79 Å². The van der Waals surface area contributed by atoms with Gasteiger partial charge in [0.05, 0.1) is 0 Å². The number of amides is 1. The van der Waals surface area contributed by atoms with E-state index in [-0.39, 0.29) is 17.0 Å². The number of hydrogen-bond donors (Lipinski definition) is 1. The largest absolute Gasteiger partial charge is 0.322 e. The number of pyridine rings is 1. The summed E-state index contributed by atoms with van der Waals surface area (Å²) < 4.78 is 1.52. The van der Waals surface area contributed by atoms with E-state index in [4.69, 9.17) is 0 Å². The van der Waals surface area contributed by atoms with E-state index in [2.05, 4.69) is 10.2 Å². The SMILES string of the molecule is Cc1cc(C)n(C)c(=O)c1C(=O)Nc1ccccc1CN1CCCCC1. The lowest BCUT2D eigenvalue weighted by Gasteiger charge is -2.27. The second kappa shape index (κ2) is 7.87. The third-order valence-corrected chi connectivity index (χ3v) is 5.20. The second-order valence-electron chi connectivity index (χ2n) is 7.16. The Morgan fingerprint density at radius 3 is 2.54 bits per heavy atom. The van der Waals surface area contributed by atoms with Crippen LogP contribution < -0.4 is 10.9 Å². The number of benzene rings is 1. The highest BCUT2D eigenvalue weighted by molar-refractivity contribution is 6.05. The predicted molar refractivity (Wildman–Crippen MR) is 105 cm³/mol. The van der Waals surface area contributed by atoms with Gasteiger partial charge in [-0.15, -0.1) is 0 Å². The number of nitrogens with zero attached hydrogens (tertiary/aromatic N) is 2. The molecule has 1 aromatic heterocycles. The molecule has 2 aromatic rings. The standard InChI is InChI=1S/C21H27N3O2/c1-15-13-16(2)23(3)21(26)19(15)20(25)22-18-10-6-5-9-17(18)14-24-11-7-4-8-12-24/h5-6,9-10,13H,4,7-8,11-12,14H2,1-3H3,(H,22,25). The van der Waals surface area contributed by atoms with E-state index < -0.39 is 0 Å². The molecular weight excluding hydrogens is 326 g/mol. The molecule has 0 unspecified atom stereocenters. The molecule has 0 bridgehead atoms. The van der Waals surface area contributed by atoms with Gasteiger partial charge in [-0.05, 0) is 63.0 Å². The van der Waals surface area contributed by atoms with Gasteiger partial charge in [-0.2, -0.15) is 0 Å². The minimum absolute atomic E-state index is 0.214. The fourth-order valence-corrected chi connectivity index (χ4v) is 3.58. The Morgan fingerprint density at radius 2 is 1.81 bits per heavy atom. The first-order chi connectivity index (χ1) is 12.5. The van der Waals surface area contributed by atoms with E-state index in [1.54, 1.807) is 7.05 Å². The fourth-order valence-electron chi connectivity index (χ4n) is 3.58. The maximum Gasteiger partial charge on any atom is 0.263 e. The van der Waals surface area contributed by atoms with E-state index in [0.29, 0.717) is 5.56 Å². The molecule has 1 fully saturated rings. The van der Waals surface area contributed by atoms with Crippen LogP contribution in [-0.2, 0) is 13.6 Å². The summed E-state index contributed by atoms with van der Waals surface area (Å²) >= 11 is 0. The maximum atomic E-state index is 12.8. The number of carbonyl (C=O) groups is 1. The van der Waals surface area contributed by atoms with Gasteiger partial charge in [-0.1, -0.05) is 24.6 Å². The number of aryl methyl sites for hydroxylation is 2. The molecule has 1 amide bonds. The van der Waals surface area contributed by atoms with Crippen molar-refractivity contribution in [3.63, 3.8) is 0 Å². The monoisotopic (exact) mass is 353 g/mol. The summed E-state index contributed by atoms with van der Waals surface area (Å²) in [4.78, 5) is 27.8. The van der Waals surface area contributed by atoms with E-state index in [1.165, 1.54) is 23.8 Å². The average molecular weight is 353 g/mol. The van der Waals surface area contributed by atoms with Gasteiger partial charge < -0.3 is 9.88 Å². The van der Waals surface area contributed by atoms with Gasteiger partial charge in [0.15, 0.2) is 0 Å². The molecule has 3 rings (SSSR count). The van der Waals surface area contributed by atoms with Crippen LogP contribution in [0.15, 0.2) is 35.1 Å². The van der Waals surface area contributed by atoms with Crippen molar-refractivity contribution in [2.75, 3.05) is 18.4 Å². The number of likely N-dealkylation sites (tertiary alicyclic amines) is 1. The fraction of sp³-hybridized carbons (Fsp3) is 0.429. The molecule has 5 nitrogen and oxygen atoms in total. The molecule has 1 N–H and O–H groups in total. The van der Waals surface area contributed by atoms with Crippen molar-refractivity contribution in [1.29, 1.82) is 0 Å². The Balaban J connectivity index is 1.84. The van der Waals surface area contributed by atoms with Crippen molar-refractivity contribution in [3.8, 4) is 0 Å². The van der Waals surface area contributed by atoms with Gasteiger partial charge in [0.1, 0.15) is 5.56 Å². The third kappa shape index (κ3) is 3.88. The molecule has 1 aliphatic heterocycles. The molecule has 0 saturated carbocycles. The number of piperidine rings is 1. The van der Waals surface area contributed by atoms with Crippen LogP contribution in [0.2, 0.25) is 0 Å². The van der Waals surface area contributed by atoms with Crippen LogP contribution in [-0.4, -0.2) is 28.5 Å². The molecule has 0 radical (unpaired) electrons. The van der Waals surface area contributed by atoms with Crippen LogP contribution in [0.3, 0.4) is 0 Å². The van der Waals surface area contributed by atoms with E-state index >= 15 is 0 Å². The van der Waals surface area contributed by atoms with Gasteiger partial charge in [0.2, 0.25) is 0 Å². The highest BCUT2D eigenvalue weighted by Gasteiger charge is 2.18. The van der Waals surface area contributed by atoms with Crippen LogP contribution in [0.1, 0.15) is 46.4 Å². The van der Waals surface area contributed by atoms with Crippen LogP contribution in [0, 0.1) is 13.8 Å². The number of nitrogens with one attached hydrogen (secondary N) is 1. The number of hydrogen-bond acceptors (Lipinski definition) is 3. The van der Waals surface area contributed by atoms with E-state index in [0.717, 1.165) is 36.6 Å². The van der Waals surface area contributed by atoms with Gasteiger partial charge in [-0.25, -0.2) is 0 Å². The lowest BCUT2D eigenvalue weighted by Crippen LogP contribution is -2.31. The quantitative estimate of drug-likeness (QED) is 0.918. The van der Waals surface area contributed by atoms with Crippen molar-refractivity contribution in [2.24, 2.45) is 7.05 Å². The Bertz CT molecular complexity index is 864. The predicted octanol–water partition coefficient (Wildman–Crippen LogP) is 3.24. The van der Waals surface area contributed by atoms with E-state index in [1.807, 2.05) is 44.2 Å². The Morgan fingerprint density at radius 1 is 1.12 bits per heavy atom. The zero-order valence-electron chi connectivity index (χ0n) is 15.8. The number of rotatable bonds is 4. The number of anilines is 1. The number of para-hydroxylation sites is 1. The Kier molecular flexibility index (Phi) is 5.57. The molecule has 1 saturated heterocycles. The Hall–Kier alpha value is -2.40. The van der Waals surface area contributed by atoms with Gasteiger partial charge in [0.25, 0.3) is 11.5 Å². The number of carbonyl (C=O) groups excluding carboxylic acids is 1. The molecule has 2 heterocycles. The molecule has 26 heavy (non-hydrogen) atoms. The molecule has 0 aliphatic carbocycles. The van der Waals surface area contributed by atoms with Crippen LogP contribution >= 0.6 is 0 Å². The zero-order chi connectivity index (χ0) is 18.7. The summed E-state index contributed by atoms with van der Waals surface area (Å²) in [7, 11) is 1.69. The molecule has 5 heteroatoms. The lowest BCUT2D eigenvalue weighted by atomic mass is 10.1. The van der Waals surface area contributed by atoms with Crippen LogP contribution in [0.4, 0.5) is 5.69 Å². The first-order valence-electron chi connectivity index (χ1n) is 9.26. The molecule has 1 aromatic carbocycles. The van der Waals surface area contributed by atoms with Crippen molar-refractivity contribution in [1.82, 2.24) is 9.47 Å². The summed E-state index contributed by atoms with van der Waals surface area (Å²) in [6, 6.07) is 9.73. The summed E-state index contributed by atoms with van der Waals surface area (Å²) in [5.74, 6) is -0.339. The van der Waals surface area contributed by atoms with Gasteiger partial charge in [-0.3, -0.25) is 14.5 Å². The van der Waals surface area contributed by atoms with Gasteiger partial charge >= 0.3 is 0 Å². The maximum absolute atomic E-state index is 12.8. The second-order valence-corrected chi connectivity index (χ2v) is 7.16.